The Balaban J connectivity index is 3.77. The number of carbonyl (C=O) groups is 1. The number of rotatable bonds is 16. The molecule has 0 amide bonds. The van der Waals surface area contributed by atoms with Gasteiger partial charge in [-0.1, -0.05) is 92.1 Å². The topological polar surface area (TPSA) is 37.3 Å². The van der Waals surface area contributed by atoms with Gasteiger partial charge in [0.15, 0.2) is 0 Å². The fraction of sp³-hybridized carbons (Fsp3) is 0.440. The van der Waals surface area contributed by atoms with Crippen molar-refractivity contribution in [3.8, 4) is 0 Å². The van der Waals surface area contributed by atoms with Crippen LogP contribution >= 0.6 is 12.2 Å². The summed E-state index contributed by atoms with van der Waals surface area (Å²) in [6, 6.07) is 0. The van der Waals surface area contributed by atoms with Gasteiger partial charge in [-0.05, 0) is 63.2 Å². The summed E-state index contributed by atoms with van der Waals surface area (Å²) in [5, 5.41) is 9.14. The molecule has 0 aromatic heterocycles. The van der Waals surface area contributed by atoms with Gasteiger partial charge >= 0.3 is 5.97 Å². The van der Waals surface area contributed by atoms with Crippen LogP contribution in [0.15, 0.2) is 72.9 Å². The molecule has 0 rings (SSSR count). The molecule has 3 heteroatoms. The Bertz CT molecular complexity index is 592. The lowest BCUT2D eigenvalue weighted by Crippen LogP contribution is -2.15. The lowest BCUT2D eigenvalue weighted by atomic mass is 9.99. The van der Waals surface area contributed by atoms with E-state index in [0.717, 1.165) is 43.4 Å². The monoisotopic (exact) mass is 400 g/mol. The molecule has 0 aliphatic carbocycles. The van der Waals surface area contributed by atoms with Crippen molar-refractivity contribution in [2.24, 2.45) is 5.92 Å². The Morgan fingerprint density at radius 2 is 1.11 bits per heavy atom. The molecule has 0 aliphatic heterocycles. The first-order chi connectivity index (χ1) is 13.6. The highest BCUT2D eigenvalue weighted by molar-refractivity contribution is 7.80. The lowest BCUT2D eigenvalue weighted by Gasteiger charge is -2.07. The molecular weight excluding hydrogens is 364 g/mol. The molecule has 0 aromatic carbocycles. The Morgan fingerprint density at radius 3 is 1.43 bits per heavy atom. The molecular formula is C25H36O2S. The maximum Gasteiger partial charge on any atom is 0.307 e. The summed E-state index contributed by atoms with van der Waals surface area (Å²) in [5.74, 6) is -1.18. The number of allylic oxidation sites excluding steroid dienone is 12. The van der Waals surface area contributed by atoms with Crippen molar-refractivity contribution in [3.63, 3.8) is 0 Å². The first kappa shape index (κ1) is 26.0. The van der Waals surface area contributed by atoms with Gasteiger partial charge in [0.25, 0.3) is 0 Å². The van der Waals surface area contributed by atoms with Crippen LogP contribution in [0.1, 0.15) is 65.2 Å². The fourth-order valence-corrected chi connectivity index (χ4v) is 2.60. The Labute approximate surface area is 177 Å². The number of hydrogen-bond donors (Lipinski definition) is 1. The van der Waals surface area contributed by atoms with E-state index in [1.165, 1.54) is 0 Å². The van der Waals surface area contributed by atoms with Crippen molar-refractivity contribution in [3.05, 3.63) is 72.9 Å². The zero-order valence-corrected chi connectivity index (χ0v) is 18.2. The van der Waals surface area contributed by atoms with Gasteiger partial charge in [-0.3, -0.25) is 4.79 Å². The van der Waals surface area contributed by atoms with Crippen LogP contribution < -0.4 is 0 Å². The molecule has 0 bridgehead atoms. The van der Waals surface area contributed by atoms with Crippen molar-refractivity contribution >= 4 is 23.1 Å². The lowest BCUT2D eigenvalue weighted by molar-refractivity contribution is -0.141. The number of hydrogen-bond acceptors (Lipinski definition) is 2. The first-order valence-electron chi connectivity index (χ1n) is 10.2. The van der Waals surface area contributed by atoms with Gasteiger partial charge in [0.1, 0.15) is 0 Å². The van der Waals surface area contributed by atoms with E-state index in [1.807, 2.05) is 12.2 Å². The highest BCUT2D eigenvalue weighted by atomic mass is 32.1. The van der Waals surface area contributed by atoms with E-state index >= 15 is 0 Å². The van der Waals surface area contributed by atoms with E-state index in [4.69, 9.17) is 17.3 Å². The molecule has 28 heavy (non-hydrogen) atoms. The fourth-order valence-electron chi connectivity index (χ4n) is 2.40. The van der Waals surface area contributed by atoms with Gasteiger partial charge in [-0.2, -0.15) is 0 Å². The second kappa shape index (κ2) is 19.8. The zero-order chi connectivity index (χ0) is 20.9. The van der Waals surface area contributed by atoms with Crippen LogP contribution in [0.4, 0.5) is 0 Å². The Hall–Kier alpha value is -2.00. The quantitative estimate of drug-likeness (QED) is 0.214. The van der Waals surface area contributed by atoms with E-state index in [1.54, 1.807) is 6.92 Å². The zero-order valence-electron chi connectivity index (χ0n) is 17.4. The summed E-state index contributed by atoms with van der Waals surface area (Å²) in [7, 11) is 0. The maximum absolute atomic E-state index is 11.1. The minimum atomic E-state index is -0.774. The normalized spacial score (nSPS) is 13.9. The predicted octanol–water partition coefficient (Wildman–Crippen LogP) is 7.55. The van der Waals surface area contributed by atoms with Gasteiger partial charge in [0.2, 0.25) is 0 Å². The van der Waals surface area contributed by atoms with E-state index in [0.29, 0.717) is 12.8 Å². The summed E-state index contributed by atoms with van der Waals surface area (Å²) in [6.07, 6.45) is 32.6. The Kier molecular flexibility index (Phi) is 18.3. The van der Waals surface area contributed by atoms with Crippen LogP contribution in [0.25, 0.3) is 0 Å². The highest BCUT2D eigenvalue weighted by Gasteiger charge is 2.15. The second-order valence-corrected chi connectivity index (χ2v) is 7.29. The molecule has 0 heterocycles. The second-order valence-electron chi connectivity index (χ2n) is 6.59. The van der Waals surface area contributed by atoms with Crippen molar-refractivity contribution in [1.82, 2.24) is 0 Å². The van der Waals surface area contributed by atoms with Crippen LogP contribution in [-0.2, 0) is 4.79 Å². The summed E-state index contributed by atoms with van der Waals surface area (Å²) in [4.78, 5) is 11.9. The predicted molar refractivity (Wildman–Crippen MR) is 127 cm³/mol. The smallest absolute Gasteiger partial charge is 0.307 e. The molecule has 154 valence electrons. The summed E-state index contributed by atoms with van der Waals surface area (Å²) in [5.41, 5.74) is 0. The van der Waals surface area contributed by atoms with Crippen LogP contribution in [0.3, 0.4) is 0 Å². The first-order valence-corrected chi connectivity index (χ1v) is 10.6. The number of carboxylic acids is 1. The molecule has 0 fully saturated rings. The standard InChI is InChI=1S/C25H36O2S/c1-3-4-5-6-7-8-9-10-11-12-13-14-15-16-17-18-19-20-21-24(25(26)27)22-23(2)28/h4-5,7-8,10-11,13-14,16-17,19-20,24H,3,6,9,12,15,18,21-22H2,1-2H3,(H,26,27)/b5-4-,8-7?,11-10?,14-13?,17-16?,20-19?. The summed E-state index contributed by atoms with van der Waals surface area (Å²) >= 11 is 5.00. The van der Waals surface area contributed by atoms with Gasteiger partial charge < -0.3 is 5.11 Å². The average Bonchev–Trinajstić information content (AvgIpc) is 2.65. The molecule has 0 radical (unpaired) electrons. The number of carboxylic acid groups (broad SMARTS) is 1. The minimum absolute atomic E-state index is 0.401. The number of aliphatic carboxylic acids is 1. The molecule has 2 nitrogen and oxygen atoms in total. The molecule has 0 saturated heterocycles. The van der Waals surface area contributed by atoms with E-state index < -0.39 is 11.9 Å². The molecule has 1 N–H and O–H groups in total. The van der Waals surface area contributed by atoms with E-state index in [2.05, 4.69) is 67.7 Å². The Morgan fingerprint density at radius 1 is 0.750 bits per heavy atom. The molecule has 0 aliphatic rings. The van der Waals surface area contributed by atoms with Crippen molar-refractivity contribution in [1.29, 1.82) is 0 Å². The van der Waals surface area contributed by atoms with Crippen molar-refractivity contribution in [2.45, 2.75) is 65.2 Å². The molecule has 1 unspecified atom stereocenters. The van der Waals surface area contributed by atoms with Gasteiger partial charge in [0.05, 0.1) is 5.92 Å². The van der Waals surface area contributed by atoms with Crippen LogP contribution in [0.5, 0.6) is 0 Å². The SMILES string of the molecule is CC/C=C\CC=CCC=CCC=CCC=CCC=CCC(CC(C)=S)C(=O)O. The van der Waals surface area contributed by atoms with Gasteiger partial charge in [-0.15, -0.1) is 0 Å². The van der Waals surface area contributed by atoms with E-state index in [9.17, 15) is 4.79 Å². The van der Waals surface area contributed by atoms with Crippen molar-refractivity contribution in [2.75, 3.05) is 0 Å². The third kappa shape index (κ3) is 18.8. The minimum Gasteiger partial charge on any atom is -0.481 e. The summed E-state index contributed by atoms with van der Waals surface area (Å²) in [6.45, 7) is 3.94. The molecule has 0 spiro atoms. The average molecular weight is 401 g/mol. The molecule has 0 saturated carbocycles. The van der Waals surface area contributed by atoms with Crippen molar-refractivity contribution < 1.29 is 9.90 Å². The van der Waals surface area contributed by atoms with Crippen LogP contribution in [0.2, 0.25) is 0 Å². The van der Waals surface area contributed by atoms with Gasteiger partial charge in [0, 0.05) is 0 Å². The number of thiocarbonyl (C=S) groups is 1. The van der Waals surface area contributed by atoms with Crippen LogP contribution in [-0.4, -0.2) is 15.9 Å². The molecule has 1 atom stereocenters. The maximum atomic E-state index is 11.1. The van der Waals surface area contributed by atoms with Crippen LogP contribution in [0, 0.1) is 5.92 Å². The van der Waals surface area contributed by atoms with Gasteiger partial charge in [-0.25, -0.2) is 0 Å². The summed E-state index contributed by atoms with van der Waals surface area (Å²) < 4.78 is 0. The molecule has 0 aromatic rings. The third-order valence-electron chi connectivity index (χ3n) is 3.90. The highest BCUT2D eigenvalue weighted by Crippen LogP contribution is 2.11. The third-order valence-corrected chi connectivity index (χ3v) is 4.07. The largest absolute Gasteiger partial charge is 0.481 e. The van der Waals surface area contributed by atoms with E-state index in [-0.39, 0.29) is 0 Å².